The highest BCUT2D eigenvalue weighted by Gasteiger charge is 2.31. The van der Waals surface area contributed by atoms with Crippen LogP contribution >= 0.6 is 0 Å². The molecule has 0 unspecified atom stereocenters. The molecule has 0 bridgehead atoms. The van der Waals surface area contributed by atoms with Crippen molar-refractivity contribution in [1.29, 1.82) is 0 Å². The van der Waals surface area contributed by atoms with Crippen LogP contribution in [0.5, 0.6) is 17.2 Å². The van der Waals surface area contributed by atoms with Gasteiger partial charge >= 0.3 is 6.36 Å². The number of anilines is 2. The Bertz CT molecular complexity index is 1350. The zero-order chi connectivity index (χ0) is 25.0. The van der Waals surface area contributed by atoms with E-state index in [0.717, 1.165) is 5.52 Å². The molecule has 35 heavy (non-hydrogen) atoms. The summed E-state index contributed by atoms with van der Waals surface area (Å²) < 4.78 is 48.6. The molecule has 0 fully saturated rings. The highest BCUT2D eigenvalue weighted by Crippen LogP contribution is 2.29. The maximum atomic E-state index is 12.3. The Kier molecular flexibility index (Phi) is 6.73. The fraction of sp³-hybridized carbons (Fsp3) is 0.174. The highest BCUT2D eigenvalue weighted by molar-refractivity contribution is 5.91. The lowest BCUT2D eigenvalue weighted by molar-refractivity contribution is -0.274. The lowest BCUT2D eigenvalue weighted by Gasteiger charge is -2.10. The summed E-state index contributed by atoms with van der Waals surface area (Å²) in [4.78, 5) is 25.5. The van der Waals surface area contributed by atoms with E-state index in [1.807, 2.05) is 6.07 Å². The molecule has 0 aliphatic carbocycles. The van der Waals surface area contributed by atoms with E-state index >= 15 is 0 Å². The zero-order valence-corrected chi connectivity index (χ0v) is 18.6. The molecule has 1 amide bonds. The second-order valence-electron chi connectivity index (χ2n) is 7.19. The number of pyridine rings is 1. The lowest BCUT2D eigenvalue weighted by Crippen LogP contribution is -2.24. The standard InChI is InChI=1S/C23H20F3N5O4.H2/c1-3-33-30-21(32)19-13-17(10-11-27-19)34-16-8-9-20-18(12-16)29-22(31(20)2)28-14-4-6-15(7-5-14)35-23(24,25)26;/h4-13H,3H2,1-2H3,(H,28,29)(H,30,32);1H. The topological polar surface area (TPSA) is 99.5 Å². The summed E-state index contributed by atoms with van der Waals surface area (Å²) in [6.45, 7) is 2.06. The van der Waals surface area contributed by atoms with Gasteiger partial charge in [0.2, 0.25) is 5.95 Å². The molecule has 184 valence electrons. The molecule has 0 radical (unpaired) electrons. The van der Waals surface area contributed by atoms with E-state index in [2.05, 4.69) is 25.5 Å². The largest absolute Gasteiger partial charge is 0.573 e. The van der Waals surface area contributed by atoms with Gasteiger partial charge < -0.3 is 19.4 Å². The van der Waals surface area contributed by atoms with Gasteiger partial charge in [-0.1, -0.05) is 0 Å². The summed E-state index contributed by atoms with van der Waals surface area (Å²) in [5.74, 6) is 0.547. The Balaban J connectivity index is 0.00000361. The molecular formula is C23H22F3N5O4. The Morgan fingerprint density at radius 3 is 2.49 bits per heavy atom. The average Bonchev–Trinajstić information content (AvgIpc) is 3.12. The number of aromatic nitrogens is 3. The Hall–Kier alpha value is -4.32. The SMILES string of the molecule is CCONC(=O)c1cc(Oc2ccc3c(c2)nc(Nc2ccc(OC(F)(F)F)cc2)n3C)ccn1.[HH]. The molecule has 0 spiro atoms. The van der Waals surface area contributed by atoms with Crippen molar-refractivity contribution in [2.75, 3.05) is 11.9 Å². The Morgan fingerprint density at radius 2 is 1.77 bits per heavy atom. The average molecular weight is 489 g/mol. The number of imidazole rings is 1. The fourth-order valence-corrected chi connectivity index (χ4v) is 3.15. The number of alkyl halides is 3. The number of halogens is 3. The summed E-state index contributed by atoms with van der Waals surface area (Å²) in [5, 5.41) is 3.07. The van der Waals surface area contributed by atoms with Gasteiger partial charge in [-0.25, -0.2) is 10.5 Å². The number of fused-ring (bicyclic) bond motifs is 1. The van der Waals surface area contributed by atoms with Crippen LogP contribution in [0.15, 0.2) is 60.8 Å². The first-order valence-corrected chi connectivity index (χ1v) is 10.4. The van der Waals surface area contributed by atoms with Gasteiger partial charge in [-0.2, -0.15) is 0 Å². The van der Waals surface area contributed by atoms with Gasteiger partial charge in [-0.3, -0.25) is 14.6 Å². The predicted molar refractivity (Wildman–Crippen MR) is 123 cm³/mol. The van der Waals surface area contributed by atoms with Gasteiger partial charge in [0.05, 0.1) is 17.6 Å². The van der Waals surface area contributed by atoms with Crippen LogP contribution in [0.1, 0.15) is 18.8 Å². The first kappa shape index (κ1) is 23.8. The first-order chi connectivity index (χ1) is 16.7. The number of benzene rings is 2. The molecule has 0 aliphatic heterocycles. The second-order valence-corrected chi connectivity index (χ2v) is 7.19. The molecule has 2 aromatic heterocycles. The number of nitrogens with zero attached hydrogens (tertiary/aromatic N) is 3. The molecule has 0 atom stereocenters. The van der Waals surface area contributed by atoms with Crippen molar-refractivity contribution < 1.29 is 33.7 Å². The Labute approximate surface area is 198 Å². The smallest absolute Gasteiger partial charge is 0.457 e. The van der Waals surface area contributed by atoms with Crippen molar-refractivity contribution in [2.24, 2.45) is 7.05 Å². The third-order valence-corrected chi connectivity index (χ3v) is 4.71. The molecule has 4 aromatic rings. The summed E-state index contributed by atoms with van der Waals surface area (Å²) in [6, 6.07) is 13.7. The monoisotopic (exact) mass is 489 g/mol. The summed E-state index contributed by atoms with van der Waals surface area (Å²) in [7, 11) is 1.80. The number of carbonyl (C=O) groups is 1. The minimum Gasteiger partial charge on any atom is -0.457 e. The molecule has 2 aromatic carbocycles. The number of hydrogen-bond donors (Lipinski definition) is 2. The van der Waals surface area contributed by atoms with Gasteiger partial charge in [0.25, 0.3) is 5.91 Å². The molecule has 12 heteroatoms. The van der Waals surface area contributed by atoms with Gasteiger partial charge in [-0.15, -0.1) is 13.2 Å². The van der Waals surface area contributed by atoms with E-state index in [4.69, 9.17) is 9.57 Å². The number of carbonyl (C=O) groups excluding carboxylic acids is 1. The van der Waals surface area contributed by atoms with Crippen LogP contribution in [0.3, 0.4) is 0 Å². The molecule has 0 aliphatic rings. The summed E-state index contributed by atoms with van der Waals surface area (Å²) >= 11 is 0. The van der Waals surface area contributed by atoms with Crippen LogP contribution in [0.2, 0.25) is 0 Å². The van der Waals surface area contributed by atoms with Crippen LogP contribution in [0.25, 0.3) is 11.0 Å². The van der Waals surface area contributed by atoms with Gasteiger partial charge in [0.1, 0.15) is 22.9 Å². The Morgan fingerprint density at radius 1 is 1.06 bits per heavy atom. The van der Waals surface area contributed by atoms with Gasteiger partial charge in [0, 0.05) is 32.5 Å². The molecular weight excluding hydrogens is 467 g/mol. The molecule has 4 rings (SSSR count). The maximum absolute atomic E-state index is 12.3. The van der Waals surface area contributed by atoms with Crippen molar-refractivity contribution in [3.8, 4) is 17.2 Å². The van der Waals surface area contributed by atoms with Crippen LogP contribution < -0.4 is 20.3 Å². The number of rotatable bonds is 8. The summed E-state index contributed by atoms with van der Waals surface area (Å²) in [6.07, 6.45) is -3.30. The highest BCUT2D eigenvalue weighted by atomic mass is 19.4. The van der Waals surface area contributed by atoms with E-state index in [-0.39, 0.29) is 12.9 Å². The van der Waals surface area contributed by atoms with Gasteiger partial charge in [0.15, 0.2) is 0 Å². The van der Waals surface area contributed by atoms with Crippen molar-refractivity contribution in [1.82, 2.24) is 20.0 Å². The minimum atomic E-state index is -4.75. The van der Waals surface area contributed by atoms with Crippen LogP contribution in [0, 0.1) is 0 Å². The van der Waals surface area contributed by atoms with Crippen molar-refractivity contribution in [3.63, 3.8) is 0 Å². The van der Waals surface area contributed by atoms with Crippen molar-refractivity contribution in [3.05, 3.63) is 66.5 Å². The molecule has 0 saturated heterocycles. The number of hydrogen-bond acceptors (Lipinski definition) is 7. The van der Waals surface area contributed by atoms with E-state index in [9.17, 15) is 18.0 Å². The predicted octanol–water partition coefficient (Wildman–Crippen LogP) is 5.33. The van der Waals surface area contributed by atoms with Crippen LogP contribution in [0.4, 0.5) is 24.8 Å². The lowest BCUT2D eigenvalue weighted by atomic mass is 10.3. The third kappa shape index (κ3) is 5.98. The second kappa shape index (κ2) is 9.89. The third-order valence-electron chi connectivity index (χ3n) is 4.71. The van der Waals surface area contributed by atoms with Crippen molar-refractivity contribution >= 4 is 28.6 Å². The molecule has 2 N–H and O–H groups in total. The number of aryl methyl sites for hydroxylation is 1. The first-order valence-electron chi connectivity index (χ1n) is 10.4. The molecule has 2 heterocycles. The minimum absolute atomic E-state index is 0. The van der Waals surface area contributed by atoms with E-state index < -0.39 is 12.3 Å². The molecule has 0 saturated carbocycles. The maximum Gasteiger partial charge on any atom is 0.573 e. The van der Waals surface area contributed by atoms with Gasteiger partial charge in [-0.05, 0) is 49.4 Å². The number of hydroxylamine groups is 1. The van der Waals surface area contributed by atoms with E-state index in [0.29, 0.717) is 35.3 Å². The zero-order valence-electron chi connectivity index (χ0n) is 18.6. The number of ether oxygens (including phenoxy) is 2. The fourth-order valence-electron chi connectivity index (χ4n) is 3.15. The van der Waals surface area contributed by atoms with Crippen molar-refractivity contribution in [2.45, 2.75) is 13.3 Å². The number of amides is 1. The molecule has 9 nitrogen and oxygen atoms in total. The van der Waals surface area contributed by atoms with E-state index in [1.165, 1.54) is 36.5 Å². The van der Waals surface area contributed by atoms with Crippen LogP contribution in [-0.2, 0) is 11.9 Å². The summed E-state index contributed by atoms with van der Waals surface area (Å²) in [5.41, 5.74) is 4.35. The quantitative estimate of drug-likeness (QED) is 0.323. The number of nitrogens with one attached hydrogen (secondary N) is 2. The normalized spacial score (nSPS) is 11.3. The van der Waals surface area contributed by atoms with E-state index in [1.54, 1.807) is 36.7 Å². The van der Waals surface area contributed by atoms with Crippen LogP contribution in [-0.4, -0.2) is 33.4 Å².